The first-order valence-electron chi connectivity index (χ1n) is 3.87. The minimum absolute atomic E-state index is 0.294. The monoisotopic (exact) mass is 173 g/mol. The summed E-state index contributed by atoms with van der Waals surface area (Å²) >= 11 is 0. The summed E-state index contributed by atoms with van der Waals surface area (Å²) in [5.74, 6) is -0.477. The average molecular weight is 173 g/mol. The molecule has 1 fully saturated rings. The highest BCUT2D eigenvalue weighted by Gasteiger charge is 2.18. The van der Waals surface area contributed by atoms with Gasteiger partial charge >= 0.3 is 5.97 Å². The second-order valence-corrected chi connectivity index (χ2v) is 2.66. The van der Waals surface area contributed by atoms with Crippen LogP contribution in [0.2, 0.25) is 0 Å². The van der Waals surface area contributed by atoms with Crippen LogP contribution in [-0.4, -0.2) is 32.3 Å². The predicted octanol–water partition coefficient (Wildman–Crippen LogP) is 0.417. The summed E-state index contributed by atoms with van der Waals surface area (Å²) in [4.78, 5) is 10.7. The molecular formula is C8H12FNO2. The molecule has 3 nitrogen and oxygen atoms in total. The van der Waals surface area contributed by atoms with Crippen LogP contribution in [-0.2, 0) is 9.53 Å². The molecule has 0 bridgehead atoms. The van der Waals surface area contributed by atoms with E-state index in [1.807, 2.05) is 0 Å². The smallest absolute Gasteiger partial charge is 0.330 e. The second-order valence-electron chi connectivity index (χ2n) is 2.66. The quantitative estimate of drug-likeness (QED) is 0.461. The maximum atomic E-state index is 13.0. The summed E-state index contributed by atoms with van der Waals surface area (Å²) in [5.41, 5.74) is 0.528. The number of rotatable bonds is 1. The third kappa shape index (κ3) is 2.30. The lowest BCUT2D eigenvalue weighted by atomic mass is 10.0. The van der Waals surface area contributed by atoms with E-state index in [4.69, 9.17) is 0 Å². The van der Waals surface area contributed by atoms with Crippen LogP contribution >= 0.6 is 0 Å². The summed E-state index contributed by atoms with van der Waals surface area (Å²) in [6.45, 7) is 1.02. The number of piperidine rings is 1. The van der Waals surface area contributed by atoms with E-state index in [9.17, 15) is 9.18 Å². The van der Waals surface area contributed by atoms with Crippen LogP contribution in [0.1, 0.15) is 6.42 Å². The molecule has 0 saturated carbocycles. The third-order valence-electron chi connectivity index (χ3n) is 1.82. The molecule has 68 valence electrons. The van der Waals surface area contributed by atoms with Crippen molar-refractivity contribution < 1.29 is 13.9 Å². The van der Waals surface area contributed by atoms with Gasteiger partial charge in [0.15, 0.2) is 0 Å². The molecule has 0 aromatic carbocycles. The topological polar surface area (TPSA) is 38.3 Å². The predicted molar refractivity (Wildman–Crippen MR) is 42.5 cm³/mol. The molecule has 0 aromatic heterocycles. The number of alkyl halides is 1. The molecule has 0 aromatic rings. The van der Waals surface area contributed by atoms with E-state index in [2.05, 4.69) is 10.1 Å². The highest BCUT2D eigenvalue weighted by molar-refractivity contribution is 5.82. The zero-order chi connectivity index (χ0) is 8.97. The Balaban J connectivity index is 2.58. The molecule has 1 rings (SSSR count). The normalized spacial score (nSPS) is 27.2. The highest BCUT2D eigenvalue weighted by Crippen LogP contribution is 2.14. The lowest BCUT2D eigenvalue weighted by Crippen LogP contribution is -2.33. The number of nitrogens with one attached hydrogen (secondary N) is 1. The van der Waals surface area contributed by atoms with E-state index in [1.54, 1.807) is 0 Å². The molecule has 0 amide bonds. The van der Waals surface area contributed by atoms with Crippen LogP contribution in [0.15, 0.2) is 11.6 Å². The first-order chi connectivity index (χ1) is 5.74. The number of hydrogen-bond acceptors (Lipinski definition) is 3. The first-order valence-corrected chi connectivity index (χ1v) is 3.87. The van der Waals surface area contributed by atoms with Gasteiger partial charge in [-0.05, 0) is 18.5 Å². The molecule has 1 aliphatic heterocycles. The highest BCUT2D eigenvalue weighted by atomic mass is 19.1. The van der Waals surface area contributed by atoms with Crippen LogP contribution in [0.3, 0.4) is 0 Å². The number of methoxy groups -OCH3 is 1. The van der Waals surface area contributed by atoms with Crippen molar-refractivity contribution in [2.75, 3.05) is 20.2 Å². The summed E-state index contributed by atoms with van der Waals surface area (Å²) in [6, 6.07) is 0. The van der Waals surface area contributed by atoms with Crippen molar-refractivity contribution in [3.8, 4) is 0 Å². The van der Waals surface area contributed by atoms with E-state index in [1.165, 1.54) is 13.2 Å². The van der Waals surface area contributed by atoms with Crippen molar-refractivity contribution in [3.63, 3.8) is 0 Å². The number of carbonyl (C=O) groups excluding carboxylic acids is 1. The van der Waals surface area contributed by atoms with Gasteiger partial charge in [-0.2, -0.15) is 0 Å². The lowest BCUT2D eigenvalue weighted by molar-refractivity contribution is -0.134. The van der Waals surface area contributed by atoms with Gasteiger partial charge in [0.1, 0.15) is 6.17 Å². The van der Waals surface area contributed by atoms with Crippen molar-refractivity contribution in [2.45, 2.75) is 12.6 Å². The Morgan fingerprint density at radius 3 is 3.17 bits per heavy atom. The fourth-order valence-electron chi connectivity index (χ4n) is 1.12. The minimum atomic E-state index is -1.04. The Morgan fingerprint density at radius 2 is 2.58 bits per heavy atom. The minimum Gasteiger partial charge on any atom is -0.466 e. The molecular weight excluding hydrogens is 161 g/mol. The largest absolute Gasteiger partial charge is 0.466 e. The Labute approximate surface area is 70.6 Å². The fraction of sp³-hybridized carbons (Fsp3) is 0.625. The van der Waals surface area contributed by atoms with Crippen molar-refractivity contribution >= 4 is 5.97 Å². The van der Waals surface area contributed by atoms with Crippen molar-refractivity contribution in [1.82, 2.24) is 5.32 Å². The van der Waals surface area contributed by atoms with Crippen LogP contribution in [0.4, 0.5) is 4.39 Å². The Bertz CT molecular complexity index is 203. The van der Waals surface area contributed by atoms with Crippen molar-refractivity contribution in [1.29, 1.82) is 0 Å². The van der Waals surface area contributed by atoms with Crippen LogP contribution in [0.5, 0.6) is 0 Å². The maximum Gasteiger partial charge on any atom is 0.330 e. The van der Waals surface area contributed by atoms with Gasteiger partial charge in [-0.25, -0.2) is 9.18 Å². The summed E-state index contributed by atoms with van der Waals surface area (Å²) in [6.07, 6.45) is 0.778. The van der Waals surface area contributed by atoms with E-state index in [-0.39, 0.29) is 0 Å². The van der Waals surface area contributed by atoms with Gasteiger partial charge in [0.2, 0.25) is 0 Å². The molecule has 1 saturated heterocycles. The first kappa shape index (κ1) is 9.19. The lowest BCUT2D eigenvalue weighted by Gasteiger charge is -2.19. The zero-order valence-corrected chi connectivity index (χ0v) is 6.97. The molecule has 12 heavy (non-hydrogen) atoms. The number of carbonyl (C=O) groups is 1. The number of ether oxygens (including phenoxy) is 1. The molecule has 0 aliphatic carbocycles. The second kappa shape index (κ2) is 4.21. The van der Waals surface area contributed by atoms with E-state index < -0.39 is 12.1 Å². The van der Waals surface area contributed by atoms with E-state index in [0.29, 0.717) is 18.5 Å². The molecule has 1 unspecified atom stereocenters. The molecule has 1 atom stereocenters. The molecule has 4 heteroatoms. The van der Waals surface area contributed by atoms with E-state index >= 15 is 0 Å². The van der Waals surface area contributed by atoms with Gasteiger partial charge in [0, 0.05) is 12.6 Å². The Kier molecular flexibility index (Phi) is 3.22. The summed E-state index contributed by atoms with van der Waals surface area (Å²) < 4.78 is 17.4. The number of halogens is 1. The zero-order valence-electron chi connectivity index (χ0n) is 6.97. The third-order valence-corrected chi connectivity index (χ3v) is 1.82. The Hall–Kier alpha value is -0.900. The van der Waals surface area contributed by atoms with Crippen molar-refractivity contribution in [3.05, 3.63) is 11.6 Å². The van der Waals surface area contributed by atoms with E-state index in [0.717, 1.165) is 6.54 Å². The van der Waals surface area contributed by atoms with Gasteiger partial charge in [-0.1, -0.05) is 0 Å². The van der Waals surface area contributed by atoms with Gasteiger partial charge in [-0.15, -0.1) is 0 Å². The van der Waals surface area contributed by atoms with Crippen LogP contribution < -0.4 is 5.32 Å². The summed E-state index contributed by atoms with van der Waals surface area (Å²) in [5, 5.41) is 2.89. The standard InChI is InChI=1S/C8H12FNO2/c1-12-8(11)4-6-2-3-10-5-7(6)9/h4,7,10H,2-3,5H2,1H3/b6-4+. The number of hydrogen-bond donors (Lipinski definition) is 1. The van der Waals surface area contributed by atoms with Gasteiger partial charge in [0.05, 0.1) is 7.11 Å². The van der Waals surface area contributed by atoms with Gasteiger partial charge in [0.25, 0.3) is 0 Å². The molecule has 1 aliphatic rings. The van der Waals surface area contributed by atoms with Crippen LogP contribution in [0.25, 0.3) is 0 Å². The number of esters is 1. The maximum absolute atomic E-state index is 13.0. The van der Waals surface area contributed by atoms with Gasteiger partial charge in [-0.3, -0.25) is 0 Å². The average Bonchev–Trinajstić information content (AvgIpc) is 2.09. The van der Waals surface area contributed by atoms with Gasteiger partial charge < -0.3 is 10.1 Å². The fourth-order valence-corrected chi connectivity index (χ4v) is 1.12. The Morgan fingerprint density at radius 1 is 1.83 bits per heavy atom. The summed E-state index contributed by atoms with van der Waals surface area (Å²) in [7, 11) is 1.29. The molecule has 1 N–H and O–H groups in total. The molecule has 0 spiro atoms. The van der Waals surface area contributed by atoms with Crippen LogP contribution in [0, 0.1) is 0 Å². The SMILES string of the molecule is COC(=O)/C=C1\CCNCC1F. The molecule has 1 heterocycles. The molecule has 0 radical (unpaired) electrons. The van der Waals surface area contributed by atoms with Crippen molar-refractivity contribution in [2.24, 2.45) is 0 Å².